The second-order valence-electron chi connectivity index (χ2n) is 4.31. The Morgan fingerprint density at radius 3 is 2.44 bits per heavy atom. The van der Waals surface area contributed by atoms with Crippen molar-refractivity contribution in [2.24, 2.45) is 5.73 Å². The number of amidine groups is 1. The van der Waals surface area contributed by atoms with Crippen LogP contribution in [0.4, 0.5) is 0 Å². The summed E-state index contributed by atoms with van der Waals surface area (Å²) in [5.41, 5.74) is 6.10. The van der Waals surface area contributed by atoms with E-state index < -0.39 is 0 Å². The van der Waals surface area contributed by atoms with Gasteiger partial charge in [0, 0.05) is 23.5 Å². The summed E-state index contributed by atoms with van der Waals surface area (Å²) in [6, 6.07) is 7.42. The maximum atomic E-state index is 11.8. The quantitative estimate of drug-likeness (QED) is 0.493. The highest BCUT2D eigenvalue weighted by molar-refractivity contribution is 8.00. The first-order valence-electron chi connectivity index (χ1n) is 6.02. The molecule has 1 amide bonds. The molecule has 0 spiro atoms. The number of nitrogens with one attached hydrogen (secondary N) is 1. The number of likely N-dealkylation sites (tertiary alicyclic amines) is 1. The molecule has 0 saturated carbocycles. The number of hydrogen-bond acceptors (Lipinski definition) is 3. The Hall–Kier alpha value is -1.49. The molecular weight excluding hydrogens is 246 g/mol. The normalized spacial score (nSPS) is 14.8. The van der Waals surface area contributed by atoms with Crippen LogP contribution in [0, 0.1) is 5.41 Å². The summed E-state index contributed by atoms with van der Waals surface area (Å²) in [7, 11) is 0. The number of thioether (sulfide) groups is 1. The molecule has 0 bridgehead atoms. The zero-order valence-corrected chi connectivity index (χ0v) is 11.0. The van der Waals surface area contributed by atoms with Crippen LogP contribution in [0.1, 0.15) is 18.4 Å². The highest BCUT2D eigenvalue weighted by atomic mass is 32.2. The van der Waals surface area contributed by atoms with Crippen molar-refractivity contribution < 1.29 is 4.79 Å². The van der Waals surface area contributed by atoms with Crippen molar-refractivity contribution in [3.63, 3.8) is 0 Å². The van der Waals surface area contributed by atoms with Crippen LogP contribution in [0.2, 0.25) is 0 Å². The predicted molar refractivity (Wildman–Crippen MR) is 74.0 cm³/mol. The molecule has 1 aromatic carbocycles. The van der Waals surface area contributed by atoms with Crippen LogP contribution in [0.3, 0.4) is 0 Å². The summed E-state index contributed by atoms with van der Waals surface area (Å²) in [4.78, 5) is 14.8. The van der Waals surface area contributed by atoms with Gasteiger partial charge in [-0.05, 0) is 25.0 Å². The third kappa shape index (κ3) is 3.26. The first-order valence-corrected chi connectivity index (χ1v) is 7.00. The Bertz CT molecular complexity index is 438. The van der Waals surface area contributed by atoms with Crippen molar-refractivity contribution >= 4 is 23.5 Å². The van der Waals surface area contributed by atoms with E-state index in [0.29, 0.717) is 11.3 Å². The zero-order valence-electron chi connectivity index (χ0n) is 10.2. The molecule has 1 aromatic rings. The Kier molecular flexibility index (Phi) is 4.25. The Balaban J connectivity index is 1.86. The fourth-order valence-electron chi connectivity index (χ4n) is 1.93. The number of rotatable bonds is 4. The van der Waals surface area contributed by atoms with Crippen molar-refractivity contribution in [2.75, 3.05) is 18.8 Å². The number of amides is 1. The van der Waals surface area contributed by atoms with E-state index in [1.807, 2.05) is 29.2 Å². The predicted octanol–water partition coefficient (Wildman–Crippen LogP) is 1.69. The van der Waals surface area contributed by atoms with Gasteiger partial charge in [-0.1, -0.05) is 12.1 Å². The van der Waals surface area contributed by atoms with Gasteiger partial charge in [0.2, 0.25) is 5.91 Å². The van der Waals surface area contributed by atoms with Crippen LogP contribution >= 0.6 is 11.8 Å². The lowest BCUT2D eigenvalue weighted by molar-refractivity contribution is -0.127. The second-order valence-corrected chi connectivity index (χ2v) is 5.36. The molecule has 0 aromatic heterocycles. The lowest BCUT2D eigenvalue weighted by Crippen LogP contribution is -2.29. The van der Waals surface area contributed by atoms with E-state index in [1.54, 1.807) is 0 Å². The van der Waals surface area contributed by atoms with Gasteiger partial charge in [0.1, 0.15) is 5.84 Å². The molecule has 0 unspecified atom stereocenters. The zero-order chi connectivity index (χ0) is 13.0. The number of carbonyl (C=O) groups excluding carboxylic acids is 1. The third-order valence-electron chi connectivity index (χ3n) is 2.99. The molecule has 96 valence electrons. The minimum Gasteiger partial charge on any atom is -0.384 e. The van der Waals surface area contributed by atoms with Crippen molar-refractivity contribution in [3.8, 4) is 0 Å². The van der Waals surface area contributed by atoms with Gasteiger partial charge in [-0.15, -0.1) is 11.8 Å². The minimum atomic E-state index is 0.0692. The van der Waals surface area contributed by atoms with E-state index in [9.17, 15) is 4.79 Å². The van der Waals surface area contributed by atoms with Gasteiger partial charge < -0.3 is 10.6 Å². The Morgan fingerprint density at radius 2 is 1.89 bits per heavy atom. The number of nitrogens with two attached hydrogens (primary N) is 1. The van der Waals surface area contributed by atoms with Crippen molar-refractivity contribution in [1.29, 1.82) is 5.41 Å². The molecule has 0 aliphatic carbocycles. The van der Waals surface area contributed by atoms with Crippen molar-refractivity contribution in [2.45, 2.75) is 17.7 Å². The van der Waals surface area contributed by atoms with Crippen LogP contribution in [-0.2, 0) is 4.79 Å². The van der Waals surface area contributed by atoms with Crippen LogP contribution < -0.4 is 5.73 Å². The summed E-state index contributed by atoms with van der Waals surface area (Å²) < 4.78 is 0. The first kappa shape index (κ1) is 13.0. The molecular formula is C13H17N3OS. The minimum absolute atomic E-state index is 0.0692. The van der Waals surface area contributed by atoms with Gasteiger partial charge in [-0.3, -0.25) is 10.2 Å². The molecule has 1 aliphatic rings. The molecule has 3 N–H and O–H groups in total. The molecule has 18 heavy (non-hydrogen) atoms. The average molecular weight is 263 g/mol. The van der Waals surface area contributed by atoms with Gasteiger partial charge >= 0.3 is 0 Å². The smallest absolute Gasteiger partial charge is 0.232 e. The first-order chi connectivity index (χ1) is 8.66. The summed E-state index contributed by atoms with van der Waals surface area (Å²) in [6.45, 7) is 1.81. The van der Waals surface area contributed by atoms with Crippen LogP contribution in [0.5, 0.6) is 0 Å². The molecule has 1 fully saturated rings. The molecule has 0 radical (unpaired) electrons. The monoisotopic (exact) mass is 263 g/mol. The van der Waals surface area contributed by atoms with Crippen molar-refractivity contribution in [1.82, 2.24) is 4.90 Å². The number of nitrogens with zero attached hydrogens (tertiary/aromatic N) is 1. The van der Waals surface area contributed by atoms with E-state index in [0.717, 1.165) is 30.8 Å². The molecule has 1 saturated heterocycles. The van der Waals surface area contributed by atoms with E-state index >= 15 is 0 Å². The third-order valence-corrected chi connectivity index (χ3v) is 3.98. The van der Waals surface area contributed by atoms with Gasteiger partial charge in [0.15, 0.2) is 0 Å². The van der Waals surface area contributed by atoms with Crippen LogP contribution in [-0.4, -0.2) is 35.5 Å². The van der Waals surface area contributed by atoms with Gasteiger partial charge in [-0.2, -0.15) is 0 Å². The highest BCUT2D eigenvalue weighted by Crippen LogP contribution is 2.20. The van der Waals surface area contributed by atoms with Crippen LogP contribution in [0.15, 0.2) is 29.2 Å². The summed E-state index contributed by atoms with van der Waals surface area (Å²) in [5.74, 6) is 0.771. The largest absolute Gasteiger partial charge is 0.384 e. The molecule has 0 atom stereocenters. The standard InChI is InChI=1S/C13H17N3OS/c14-13(15)10-3-5-11(6-4-10)18-9-12(17)16-7-1-2-8-16/h3-6H,1-2,7-9H2,(H3,14,15). The highest BCUT2D eigenvalue weighted by Gasteiger charge is 2.17. The number of carbonyl (C=O) groups is 1. The fraction of sp³-hybridized carbons (Fsp3) is 0.385. The number of nitrogen functional groups attached to an aromatic ring is 1. The summed E-state index contributed by atoms with van der Waals surface area (Å²) in [6.07, 6.45) is 2.26. The van der Waals surface area contributed by atoms with E-state index in [-0.39, 0.29) is 11.7 Å². The number of benzene rings is 1. The van der Waals surface area contributed by atoms with Crippen LogP contribution in [0.25, 0.3) is 0 Å². The topological polar surface area (TPSA) is 70.2 Å². The lowest BCUT2D eigenvalue weighted by atomic mass is 10.2. The molecule has 4 nitrogen and oxygen atoms in total. The van der Waals surface area contributed by atoms with Gasteiger partial charge in [0.25, 0.3) is 0 Å². The maximum Gasteiger partial charge on any atom is 0.232 e. The summed E-state index contributed by atoms with van der Waals surface area (Å²) >= 11 is 1.53. The van der Waals surface area contributed by atoms with E-state index in [4.69, 9.17) is 11.1 Å². The SMILES string of the molecule is N=C(N)c1ccc(SCC(=O)N2CCCC2)cc1. The fourth-order valence-corrected chi connectivity index (χ4v) is 2.73. The molecule has 5 heteroatoms. The lowest BCUT2D eigenvalue weighted by Gasteiger charge is -2.14. The Morgan fingerprint density at radius 1 is 1.28 bits per heavy atom. The summed E-state index contributed by atoms with van der Waals surface area (Å²) in [5, 5.41) is 7.30. The Labute approximate surface area is 111 Å². The average Bonchev–Trinajstić information content (AvgIpc) is 2.90. The van der Waals surface area contributed by atoms with Gasteiger partial charge in [0.05, 0.1) is 5.75 Å². The van der Waals surface area contributed by atoms with E-state index in [1.165, 1.54) is 11.8 Å². The van der Waals surface area contributed by atoms with E-state index in [2.05, 4.69) is 0 Å². The van der Waals surface area contributed by atoms with Crippen molar-refractivity contribution in [3.05, 3.63) is 29.8 Å². The molecule has 1 heterocycles. The number of hydrogen-bond donors (Lipinski definition) is 2. The molecule has 2 rings (SSSR count). The van der Waals surface area contributed by atoms with Gasteiger partial charge in [-0.25, -0.2) is 0 Å². The molecule has 1 aliphatic heterocycles. The maximum absolute atomic E-state index is 11.8. The second kappa shape index (κ2) is 5.91.